The fourth-order valence-corrected chi connectivity index (χ4v) is 4.19. The SMILES string of the molecule is C=C1/C=C\C=C(\F)CS/C=C\1c1cc(CC)cc(C(=O)CNC(=O)c2ccc(OCCF)c(OC)c2)n1. The van der Waals surface area contributed by atoms with Gasteiger partial charge in [-0.15, -0.1) is 11.8 Å². The smallest absolute Gasteiger partial charge is 0.251 e. The molecule has 0 atom stereocenters. The Balaban J connectivity index is 1.77. The Morgan fingerprint density at radius 3 is 2.76 bits per heavy atom. The molecule has 1 aromatic carbocycles. The number of carbonyl (C=O) groups excluding carboxylic acids is 2. The first kappa shape index (κ1) is 27.9. The Morgan fingerprint density at radius 1 is 1.22 bits per heavy atom. The number of nitrogens with zero attached hydrogens (tertiary/aromatic N) is 1. The number of carbonyl (C=O) groups is 2. The predicted molar refractivity (Wildman–Crippen MR) is 143 cm³/mol. The molecule has 1 aliphatic rings. The summed E-state index contributed by atoms with van der Waals surface area (Å²) in [5.41, 5.74) is 3.23. The zero-order valence-electron chi connectivity index (χ0n) is 20.7. The Kier molecular flexibility index (Phi) is 10.2. The van der Waals surface area contributed by atoms with Crippen molar-refractivity contribution < 1.29 is 27.8 Å². The van der Waals surface area contributed by atoms with Crippen LogP contribution >= 0.6 is 11.8 Å². The predicted octanol–water partition coefficient (Wildman–Crippen LogP) is 5.67. The number of ketones is 1. The van der Waals surface area contributed by atoms with Crippen molar-refractivity contribution >= 4 is 29.0 Å². The molecule has 1 amide bonds. The third-order valence-electron chi connectivity index (χ3n) is 5.37. The number of methoxy groups -OCH3 is 1. The van der Waals surface area contributed by atoms with E-state index in [1.54, 1.807) is 23.6 Å². The lowest BCUT2D eigenvalue weighted by molar-refractivity contribution is 0.0902. The van der Waals surface area contributed by atoms with Crippen LogP contribution in [-0.2, 0) is 6.42 Å². The fourth-order valence-electron chi connectivity index (χ4n) is 3.41. The molecule has 6 nitrogen and oxygen atoms in total. The normalized spacial score (nSPS) is 17.2. The average molecular weight is 527 g/mol. The Labute approximate surface area is 219 Å². The van der Waals surface area contributed by atoms with E-state index in [4.69, 9.17) is 9.47 Å². The Bertz CT molecular complexity index is 1270. The van der Waals surface area contributed by atoms with Crippen molar-refractivity contribution in [1.82, 2.24) is 10.3 Å². The van der Waals surface area contributed by atoms with E-state index in [1.165, 1.54) is 43.1 Å². The van der Waals surface area contributed by atoms with Crippen molar-refractivity contribution in [2.75, 3.05) is 32.7 Å². The summed E-state index contributed by atoms with van der Waals surface area (Å²) in [5, 5.41) is 4.40. The van der Waals surface area contributed by atoms with Gasteiger partial charge in [0.2, 0.25) is 0 Å². The van der Waals surface area contributed by atoms with E-state index in [0.29, 0.717) is 29.0 Å². The molecule has 37 heavy (non-hydrogen) atoms. The average Bonchev–Trinajstić information content (AvgIpc) is 2.99. The number of ether oxygens (including phenoxy) is 2. The van der Waals surface area contributed by atoms with Gasteiger partial charge < -0.3 is 14.8 Å². The minimum atomic E-state index is -0.654. The van der Waals surface area contributed by atoms with Crippen molar-refractivity contribution in [3.63, 3.8) is 0 Å². The standard InChI is InChI=1S/C28H28F2N2O4S/c1-4-19-12-23(22-17-37-16-21(30)7-5-6-18(22)2)32-24(13-19)25(33)15-31-28(34)20-8-9-26(36-11-10-29)27(14-20)35-3/h5-9,12-14,17H,2,4,10-11,15-16H2,1,3H3,(H,31,34)/b6-5-,21-7+,22-17+. The minimum Gasteiger partial charge on any atom is -0.493 e. The molecule has 0 radical (unpaired) electrons. The van der Waals surface area contributed by atoms with Crippen molar-refractivity contribution in [2.24, 2.45) is 0 Å². The highest BCUT2D eigenvalue weighted by atomic mass is 32.2. The van der Waals surface area contributed by atoms with Crippen LogP contribution in [0.3, 0.4) is 0 Å². The molecule has 3 rings (SSSR count). The molecule has 0 fully saturated rings. The first-order chi connectivity index (χ1) is 17.9. The van der Waals surface area contributed by atoms with Crippen LogP contribution in [0.2, 0.25) is 0 Å². The molecule has 194 valence electrons. The van der Waals surface area contributed by atoms with Crippen molar-refractivity contribution in [2.45, 2.75) is 13.3 Å². The Hall–Kier alpha value is -3.72. The molecule has 0 saturated carbocycles. The summed E-state index contributed by atoms with van der Waals surface area (Å²) in [4.78, 5) is 30.2. The number of rotatable bonds is 10. The van der Waals surface area contributed by atoms with E-state index in [-0.39, 0.29) is 47.5 Å². The second kappa shape index (κ2) is 13.5. The number of hydrogen-bond acceptors (Lipinski definition) is 6. The van der Waals surface area contributed by atoms with E-state index in [1.807, 2.05) is 13.0 Å². The maximum atomic E-state index is 13.7. The molecule has 1 aliphatic heterocycles. The van der Waals surface area contributed by atoms with Gasteiger partial charge in [-0.3, -0.25) is 9.59 Å². The lowest BCUT2D eigenvalue weighted by atomic mass is 10.0. The highest BCUT2D eigenvalue weighted by molar-refractivity contribution is 8.02. The molecule has 0 spiro atoms. The number of benzene rings is 1. The zero-order valence-corrected chi connectivity index (χ0v) is 21.5. The van der Waals surface area contributed by atoms with Crippen LogP contribution in [0, 0.1) is 0 Å². The van der Waals surface area contributed by atoms with Crippen LogP contribution in [0.25, 0.3) is 5.57 Å². The third-order valence-corrected chi connectivity index (χ3v) is 6.21. The summed E-state index contributed by atoms with van der Waals surface area (Å²) in [5.74, 6) is -0.342. The van der Waals surface area contributed by atoms with Gasteiger partial charge in [-0.05, 0) is 59.4 Å². The molecule has 1 N–H and O–H groups in total. The zero-order chi connectivity index (χ0) is 26.8. The van der Waals surface area contributed by atoms with Gasteiger partial charge in [0.25, 0.3) is 5.91 Å². The Morgan fingerprint density at radius 2 is 2.03 bits per heavy atom. The molecule has 0 unspecified atom stereocenters. The van der Waals surface area contributed by atoms with Gasteiger partial charge >= 0.3 is 0 Å². The molecular formula is C28H28F2N2O4S. The molecule has 9 heteroatoms. The molecule has 0 aliphatic carbocycles. The van der Waals surface area contributed by atoms with E-state index >= 15 is 0 Å². The maximum Gasteiger partial charge on any atom is 0.251 e. The van der Waals surface area contributed by atoms with Crippen LogP contribution in [0.1, 0.15) is 39.0 Å². The van der Waals surface area contributed by atoms with Gasteiger partial charge in [-0.25, -0.2) is 13.8 Å². The van der Waals surface area contributed by atoms with E-state index in [0.717, 1.165) is 5.56 Å². The number of amides is 1. The van der Waals surface area contributed by atoms with Crippen LogP contribution in [0.4, 0.5) is 8.78 Å². The number of Topliss-reactive ketones (excluding diaryl/α,β-unsaturated/α-hetero) is 1. The molecule has 0 saturated heterocycles. The van der Waals surface area contributed by atoms with Crippen LogP contribution in [-0.4, -0.2) is 49.4 Å². The van der Waals surface area contributed by atoms with Crippen LogP contribution in [0.5, 0.6) is 11.5 Å². The first-order valence-corrected chi connectivity index (χ1v) is 12.6. The molecular weight excluding hydrogens is 498 g/mol. The van der Waals surface area contributed by atoms with Crippen molar-refractivity contribution in [3.8, 4) is 11.5 Å². The van der Waals surface area contributed by atoms with Gasteiger partial charge in [-0.2, -0.15) is 0 Å². The molecule has 0 bridgehead atoms. The van der Waals surface area contributed by atoms with Gasteiger partial charge in [0.05, 0.1) is 19.3 Å². The minimum absolute atomic E-state index is 0.130. The third kappa shape index (κ3) is 7.63. The summed E-state index contributed by atoms with van der Waals surface area (Å²) in [7, 11) is 1.41. The second-order valence-corrected chi connectivity index (χ2v) is 8.81. The first-order valence-electron chi connectivity index (χ1n) is 11.6. The van der Waals surface area contributed by atoms with Gasteiger partial charge in [0, 0.05) is 16.9 Å². The summed E-state index contributed by atoms with van der Waals surface area (Å²) in [6.45, 7) is 4.97. The molecule has 2 heterocycles. The largest absolute Gasteiger partial charge is 0.493 e. The van der Waals surface area contributed by atoms with Crippen LogP contribution < -0.4 is 14.8 Å². The quantitative estimate of drug-likeness (QED) is 0.402. The van der Waals surface area contributed by atoms with Crippen LogP contribution in [0.15, 0.2) is 71.9 Å². The molecule has 1 aromatic heterocycles. The van der Waals surface area contributed by atoms with Crippen molar-refractivity contribution in [1.29, 1.82) is 0 Å². The summed E-state index contributed by atoms with van der Waals surface area (Å²) < 4.78 is 36.6. The fraction of sp³-hybridized carbons (Fsp3) is 0.250. The number of hydrogen-bond donors (Lipinski definition) is 1. The van der Waals surface area contributed by atoms with Crippen molar-refractivity contribution in [3.05, 3.63) is 94.5 Å². The highest BCUT2D eigenvalue weighted by Gasteiger charge is 2.17. The van der Waals surface area contributed by atoms with E-state index < -0.39 is 12.6 Å². The van der Waals surface area contributed by atoms with Gasteiger partial charge in [-0.1, -0.05) is 25.7 Å². The van der Waals surface area contributed by atoms with Gasteiger partial charge in [0.1, 0.15) is 24.8 Å². The second-order valence-electron chi connectivity index (χ2n) is 7.95. The number of aromatic nitrogens is 1. The maximum absolute atomic E-state index is 13.7. The monoisotopic (exact) mass is 526 g/mol. The highest BCUT2D eigenvalue weighted by Crippen LogP contribution is 2.29. The van der Waals surface area contributed by atoms with Gasteiger partial charge in [0.15, 0.2) is 17.3 Å². The molecule has 2 aromatic rings. The number of pyridine rings is 1. The summed E-state index contributed by atoms with van der Waals surface area (Å²) >= 11 is 1.28. The number of halogens is 2. The number of allylic oxidation sites excluding steroid dienone is 5. The topological polar surface area (TPSA) is 77.5 Å². The van der Waals surface area contributed by atoms with E-state index in [9.17, 15) is 18.4 Å². The van der Waals surface area contributed by atoms with E-state index in [2.05, 4.69) is 16.9 Å². The summed E-state index contributed by atoms with van der Waals surface area (Å²) in [6, 6.07) is 8.04. The number of aryl methyl sites for hydroxylation is 1. The lowest BCUT2D eigenvalue weighted by Crippen LogP contribution is -2.30. The lowest BCUT2D eigenvalue weighted by Gasteiger charge is -2.12. The number of nitrogens with one attached hydrogen (secondary N) is 1. The number of thioether (sulfide) groups is 1. The number of alkyl halides is 1. The summed E-state index contributed by atoms with van der Waals surface area (Å²) in [6.07, 6.45) is 5.35.